The lowest BCUT2D eigenvalue weighted by Crippen LogP contribution is -2.51. The molecule has 4 aliphatic carbocycles. The summed E-state index contributed by atoms with van der Waals surface area (Å²) in [5.41, 5.74) is 1.36. The Kier molecular flexibility index (Phi) is 4.54. The van der Waals surface area contributed by atoms with Gasteiger partial charge in [0.15, 0.2) is 5.78 Å². The minimum absolute atomic E-state index is 0.0262. The lowest BCUT2D eigenvalue weighted by molar-refractivity contribution is -0.133. The minimum atomic E-state index is -0.856. The van der Waals surface area contributed by atoms with Crippen LogP contribution in [0.2, 0.25) is 0 Å². The number of carboxylic acid groups (broad SMARTS) is 1. The lowest BCUT2D eigenvalue weighted by atomic mass is 9.47. The Labute approximate surface area is 159 Å². The van der Waals surface area contributed by atoms with Gasteiger partial charge in [-0.25, -0.2) is 0 Å². The molecule has 2 N–H and O–H groups in total. The molecule has 0 heterocycles. The number of allylic oxidation sites excluding steroid dienone is 1. The van der Waals surface area contributed by atoms with Crippen molar-refractivity contribution in [2.45, 2.75) is 71.3 Å². The van der Waals surface area contributed by atoms with Crippen molar-refractivity contribution in [2.24, 2.45) is 28.6 Å². The third kappa shape index (κ3) is 2.61. The Bertz CT molecular complexity index is 671. The first-order valence-corrected chi connectivity index (χ1v) is 11.1. The summed E-state index contributed by atoms with van der Waals surface area (Å²) in [7, 11) is 0. The van der Waals surface area contributed by atoms with Crippen molar-refractivity contribution in [3.63, 3.8) is 0 Å². The molecule has 0 amide bonds. The van der Waals surface area contributed by atoms with Crippen LogP contribution in [0.5, 0.6) is 0 Å². The summed E-state index contributed by atoms with van der Waals surface area (Å²) < 4.78 is 0. The maximum absolute atomic E-state index is 12.5. The van der Waals surface area contributed by atoms with Crippen molar-refractivity contribution >= 4 is 23.5 Å². The predicted octanol–water partition coefficient (Wildman–Crippen LogP) is 4.02. The number of carbonyl (C=O) groups excluding carboxylic acids is 1. The number of hydrogen-bond donors (Lipinski definition) is 2. The SMILES string of the molecule is C[C@]12CCC(=O)C(SCC(=O)O)=C1CCC1C2CC[C@@]2(C)C1CC[C@@H]2O. The van der Waals surface area contributed by atoms with E-state index in [1.807, 2.05) is 0 Å². The average Bonchev–Trinajstić information content (AvgIpc) is 2.89. The maximum atomic E-state index is 12.5. The molecule has 3 unspecified atom stereocenters. The zero-order valence-corrected chi connectivity index (χ0v) is 16.6. The highest BCUT2D eigenvalue weighted by atomic mass is 32.2. The van der Waals surface area contributed by atoms with Gasteiger partial charge in [-0.3, -0.25) is 9.59 Å². The van der Waals surface area contributed by atoms with Gasteiger partial charge < -0.3 is 10.2 Å². The predicted molar refractivity (Wildman–Crippen MR) is 102 cm³/mol. The van der Waals surface area contributed by atoms with Crippen LogP contribution < -0.4 is 0 Å². The van der Waals surface area contributed by atoms with E-state index >= 15 is 0 Å². The van der Waals surface area contributed by atoms with Crippen LogP contribution in [-0.2, 0) is 9.59 Å². The molecule has 0 aromatic heterocycles. The number of thioether (sulfide) groups is 1. The van der Waals surface area contributed by atoms with Crippen LogP contribution in [0.4, 0.5) is 0 Å². The molecule has 3 saturated carbocycles. The fraction of sp³-hybridized carbons (Fsp3) is 0.810. The lowest BCUT2D eigenvalue weighted by Gasteiger charge is -2.58. The first-order chi connectivity index (χ1) is 12.3. The molecule has 3 fully saturated rings. The minimum Gasteiger partial charge on any atom is -0.481 e. The van der Waals surface area contributed by atoms with Crippen LogP contribution in [0.3, 0.4) is 0 Å². The van der Waals surface area contributed by atoms with E-state index in [1.165, 1.54) is 17.3 Å². The fourth-order valence-electron chi connectivity index (χ4n) is 6.94. The van der Waals surface area contributed by atoms with Gasteiger partial charge in [0.1, 0.15) is 0 Å². The van der Waals surface area contributed by atoms with E-state index in [4.69, 9.17) is 5.11 Å². The van der Waals surface area contributed by atoms with Crippen LogP contribution in [0.1, 0.15) is 65.2 Å². The Hall–Kier alpha value is -0.810. The number of Topliss-reactive ketones (excluding diaryl/α,β-unsaturated/α-hetero) is 1. The van der Waals surface area contributed by atoms with Gasteiger partial charge in [0.25, 0.3) is 0 Å². The molecule has 144 valence electrons. The Balaban J connectivity index is 1.67. The topological polar surface area (TPSA) is 74.6 Å². The quantitative estimate of drug-likeness (QED) is 0.776. The summed E-state index contributed by atoms with van der Waals surface area (Å²) in [4.78, 5) is 24.3. The van der Waals surface area contributed by atoms with Gasteiger partial charge in [-0.1, -0.05) is 13.8 Å². The molecule has 0 aromatic carbocycles. The second kappa shape index (κ2) is 6.37. The molecule has 0 bridgehead atoms. The Morgan fingerprint density at radius 3 is 2.62 bits per heavy atom. The number of aliphatic hydroxyl groups is 1. The van der Waals surface area contributed by atoms with Crippen LogP contribution in [0.25, 0.3) is 0 Å². The zero-order valence-electron chi connectivity index (χ0n) is 15.8. The van der Waals surface area contributed by atoms with Crippen molar-refractivity contribution in [2.75, 3.05) is 5.75 Å². The molecule has 4 rings (SSSR count). The fourth-order valence-corrected chi connectivity index (χ4v) is 7.98. The molecule has 5 heteroatoms. The maximum Gasteiger partial charge on any atom is 0.313 e. The van der Waals surface area contributed by atoms with Gasteiger partial charge in [-0.05, 0) is 79.1 Å². The summed E-state index contributed by atoms with van der Waals surface area (Å²) in [6, 6.07) is 0. The second-order valence-electron chi connectivity index (χ2n) is 9.38. The number of ketones is 1. The number of rotatable bonds is 3. The third-order valence-electron chi connectivity index (χ3n) is 8.36. The molecule has 4 aliphatic rings. The largest absolute Gasteiger partial charge is 0.481 e. The van der Waals surface area contributed by atoms with Gasteiger partial charge in [-0.15, -0.1) is 11.8 Å². The highest BCUT2D eigenvalue weighted by Gasteiger charge is 2.59. The first-order valence-electron chi connectivity index (χ1n) is 10.1. The molecule has 0 radical (unpaired) electrons. The summed E-state index contributed by atoms with van der Waals surface area (Å²) in [5, 5.41) is 19.6. The smallest absolute Gasteiger partial charge is 0.313 e. The molecule has 0 aliphatic heterocycles. The van der Waals surface area contributed by atoms with Crippen molar-refractivity contribution in [3.05, 3.63) is 10.5 Å². The number of fused-ring (bicyclic) bond motifs is 5. The number of carbonyl (C=O) groups is 2. The van der Waals surface area contributed by atoms with Gasteiger partial charge in [0.2, 0.25) is 0 Å². The highest BCUT2D eigenvalue weighted by Crippen LogP contribution is 2.66. The van der Waals surface area contributed by atoms with Crippen LogP contribution in [-0.4, -0.2) is 33.8 Å². The van der Waals surface area contributed by atoms with Crippen molar-refractivity contribution in [1.82, 2.24) is 0 Å². The van der Waals surface area contributed by atoms with Gasteiger partial charge in [-0.2, -0.15) is 0 Å². The van der Waals surface area contributed by atoms with Crippen LogP contribution >= 0.6 is 11.8 Å². The third-order valence-corrected chi connectivity index (χ3v) is 9.52. The summed E-state index contributed by atoms with van der Waals surface area (Å²) in [6.07, 6.45) is 7.58. The molecular formula is C21H30O4S. The van der Waals surface area contributed by atoms with E-state index in [9.17, 15) is 14.7 Å². The summed E-state index contributed by atoms with van der Waals surface area (Å²) >= 11 is 1.25. The van der Waals surface area contributed by atoms with E-state index in [0.29, 0.717) is 24.2 Å². The Morgan fingerprint density at radius 1 is 1.12 bits per heavy atom. The molecule has 0 spiro atoms. The molecule has 6 atom stereocenters. The standard InChI is InChI=1S/C21H30O4S/c1-20-10-8-16(22)19(26-11-18(24)25)15(20)4-3-12-13-5-6-17(23)21(13,2)9-7-14(12)20/h12-14,17,23H,3-11H2,1-2H3,(H,24,25)/t12?,13?,14?,17-,20+,21-/m0/s1. The number of hydrogen-bond acceptors (Lipinski definition) is 4. The number of aliphatic hydroxyl groups excluding tert-OH is 1. The van der Waals surface area contributed by atoms with E-state index in [2.05, 4.69) is 13.8 Å². The van der Waals surface area contributed by atoms with Gasteiger partial charge in [0.05, 0.1) is 16.8 Å². The van der Waals surface area contributed by atoms with Crippen LogP contribution in [0, 0.1) is 28.6 Å². The molecule has 0 aromatic rings. The van der Waals surface area contributed by atoms with E-state index < -0.39 is 5.97 Å². The summed E-state index contributed by atoms with van der Waals surface area (Å²) in [5.74, 6) is 1.08. The highest BCUT2D eigenvalue weighted by molar-refractivity contribution is 8.04. The number of carboxylic acids is 1. The molecular weight excluding hydrogens is 348 g/mol. The van der Waals surface area contributed by atoms with Crippen LogP contribution in [0.15, 0.2) is 10.5 Å². The van der Waals surface area contributed by atoms with Crippen molar-refractivity contribution in [1.29, 1.82) is 0 Å². The van der Waals surface area contributed by atoms with Crippen molar-refractivity contribution in [3.8, 4) is 0 Å². The van der Waals surface area contributed by atoms with E-state index in [0.717, 1.165) is 49.9 Å². The normalized spacial score (nSPS) is 45.1. The number of aliphatic carboxylic acids is 1. The Morgan fingerprint density at radius 2 is 1.88 bits per heavy atom. The van der Waals surface area contributed by atoms with Gasteiger partial charge >= 0.3 is 5.97 Å². The molecule has 26 heavy (non-hydrogen) atoms. The first kappa shape index (κ1) is 18.5. The van der Waals surface area contributed by atoms with Crippen molar-refractivity contribution < 1.29 is 19.8 Å². The second-order valence-corrected chi connectivity index (χ2v) is 10.4. The van der Waals surface area contributed by atoms with E-state index in [-0.39, 0.29) is 28.5 Å². The van der Waals surface area contributed by atoms with E-state index in [1.54, 1.807) is 0 Å². The molecule has 4 nitrogen and oxygen atoms in total. The average molecular weight is 379 g/mol. The summed E-state index contributed by atoms with van der Waals surface area (Å²) in [6.45, 7) is 4.62. The molecule has 0 saturated heterocycles. The monoisotopic (exact) mass is 378 g/mol. The van der Waals surface area contributed by atoms with Gasteiger partial charge in [0, 0.05) is 6.42 Å². The zero-order chi connectivity index (χ0) is 18.7.